The van der Waals surface area contributed by atoms with Gasteiger partial charge in [0.15, 0.2) is 5.82 Å². The number of nitrogens with zero attached hydrogens (tertiary/aromatic N) is 2. The van der Waals surface area contributed by atoms with Gasteiger partial charge in [0.05, 0.1) is 19.9 Å². The summed E-state index contributed by atoms with van der Waals surface area (Å²) in [5.74, 6) is 1.47. The summed E-state index contributed by atoms with van der Waals surface area (Å²) in [5, 5.41) is 5.41. The van der Waals surface area contributed by atoms with Crippen LogP contribution < -0.4 is 25.0 Å². The average molecular weight is 356 g/mol. The van der Waals surface area contributed by atoms with Crippen molar-refractivity contribution >= 4 is 29.1 Å². The van der Waals surface area contributed by atoms with Crippen LogP contribution in [0.2, 0.25) is 0 Å². The molecule has 1 aromatic heterocycles. The van der Waals surface area contributed by atoms with Gasteiger partial charge < -0.3 is 19.7 Å². The molecule has 2 N–H and O–H groups in total. The molecule has 0 unspecified atom stereocenters. The molecule has 3 amide bonds. The first-order valence-corrected chi connectivity index (χ1v) is 8.17. The van der Waals surface area contributed by atoms with Gasteiger partial charge in [0.1, 0.15) is 11.5 Å². The van der Waals surface area contributed by atoms with Crippen LogP contribution in [0.15, 0.2) is 36.5 Å². The predicted molar refractivity (Wildman–Crippen MR) is 98.0 cm³/mol. The predicted octanol–water partition coefficient (Wildman–Crippen LogP) is 2.87. The van der Waals surface area contributed by atoms with Crippen molar-refractivity contribution in [2.24, 2.45) is 0 Å². The van der Waals surface area contributed by atoms with Gasteiger partial charge in [-0.05, 0) is 18.6 Å². The third-order valence-electron chi connectivity index (χ3n) is 3.99. The van der Waals surface area contributed by atoms with Crippen LogP contribution in [0, 0.1) is 0 Å². The molecule has 26 heavy (non-hydrogen) atoms. The monoisotopic (exact) mass is 356 g/mol. The minimum Gasteiger partial charge on any atom is -0.497 e. The molecule has 3 rings (SSSR count). The molecule has 1 aliphatic heterocycles. The highest BCUT2D eigenvalue weighted by molar-refractivity contribution is 6.04. The number of carbonyl (C=O) groups is 2. The van der Waals surface area contributed by atoms with E-state index in [0.717, 1.165) is 6.42 Å². The van der Waals surface area contributed by atoms with Crippen LogP contribution in [-0.4, -0.2) is 37.7 Å². The van der Waals surface area contributed by atoms with Crippen molar-refractivity contribution in [1.29, 1.82) is 0 Å². The van der Waals surface area contributed by atoms with Crippen LogP contribution in [0.1, 0.15) is 12.8 Å². The van der Waals surface area contributed by atoms with Crippen molar-refractivity contribution in [1.82, 2.24) is 4.98 Å². The number of ether oxygens (including phenoxy) is 2. The molecule has 0 aliphatic carbocycles. The van der Waals surface area contributed by atoms with E-state index in [1.165, 1.54) is 14.2 Å². The number of anilines is 3. The fourth-order valence-corrected chi connectivity index (χ4v) is 2.76. The Morgan fingerprint density at radius 2 is 1.88 bits per heavy atom. The molecule has 2 aromatic rings. The zero-order valence-corrected chi connectivity index (χ0v) is 14.6. The fourth-order valence-electron chi connectivity index (χ4n) is 2.76. The molecule has 1 saturated heterocycles. The Kier molecular flexibility index (Phi) is 5.21. The molecule has 2 heterocycles. The summed E-state index contributed by atoms with van der Waals surface area (Å²) >= 11 is 0. The summed E-state index contributed by atoms with van der Waals surface area (Å²) in [6.07, 6.45) is 2.86. The van der Waals surface area contributed by atoms with E-state index in [1.807, 2.05) is 0 Å². The highest BCUT2D eigenvalue weighted by atomic mass is 16.5. The Balaban J connectivity index is 1.76. The minimum atomic E-state index is -0.480. The number of pyridine rings is 1. The number of urea groups is 1. The fraction of sp³-hybridized carbons (Fsp3) is 0.278. The topological polar surface area (TPSA) is 92.8 Å². The van der Waals surface area contributed by atoms with Gasteiger partial charge in [-0.2, -0.15) is 0 Å². The van der Waals surface area contributed by atoms with Crippen LogP contribution in [-0.2, 0) is 4.79 Å². The first-order valence-electron chi connectivity index (χ1n) is 8.17. The van der Waals surface area contributed by atoms with Gasteiger partial charge in [0.2, 0.25) is 5.91 Å². The molecular formula is C18H20N4O4. The summed E-state index contributed by atoms with van der Waals surface area (Å²) < 4.78 is 10.4. The minimum absolute atomic E-state index is 0.0268. The number of hydrogen-bond donors (Lipinski definition) is 2. The standard InChI is InChI=1S/C18H20N4O4/c1-25-13-9-12(10-14(11-13)26-2)20-18(24)21-17-15(5-3-7-19-17)22-8-4-6-16(22)23/h3,5,7,9-11H,4,6,8H2,1-2H3,(H2,19,20,21,24). The number of benzene rings is 1. The van der Waals surface area contributed by atoms with Gasteiger partial charge in [-0.15, -0.1) is 0 Å². The lowest BCUT2D eigenvalue weighted by Crippen LogP contribution is -2.27. The van der Waals surface area contributed by atoms with Crippen LogP contribution in [0.3, 0.4) is 0 Å². The Labute approximate surface area is 151 Å². The zero-order chi connectivity index (χ0) is 18.5. The maximum Gasteiger partial charge on any atom is 0.324 e. The normalized spacial score (nSPS) is 13.5. The number of methoxy groups -OCH3 is 2. The third kappa shape index (κ3) is 3.85. The quantitative estimate of drug-likeness (QED) is 0.859. The van der Waals surface area contributed by atoms with Crippen LogP contribution in [0.4, 0.5) is 22.0 Å². The maximum absolute atomic E-state index is 12.4. The van der Waals surface area contributed by atoms with E-state index in [0.29, 0.717) is 41.7 Å². The highest BCUT2D eigenvalue weighted by Crippen LogP contribution is 2.28. The van der Waals surface area contributed by atoms with E-state index in [1.54, 1.807) is 41.4 Å². The van der Waals surface area contributed by atoms with Crippen molar-refractivity contribution in [2.45, 2.75) is 12.8 Å². The van der Waals surface area contributed by atoms with E-state index < -0.39 is 6.03 Å². The molecule has 1 fully saturated rings. The van der Waals surface area contributed by atoms with E-state index in [4.69, 9.17) is 9.47 Å². The number of carbonyl (C=O) groups excluding carboxylic acids is 2. The molecule has 0 spiro atoms. The Bertz CT molecular complexity index is 802. The van der Waals surface area contributed by atoms with Crippen molar-refractivity contribution in [3.8, 4) is 11.5 Å². The van der Waals surface area contributed by atoms with Gasteiger partial charge in [-0.1, -0.05) is 0 Å². The highest BCUT2D eigenvalue weighted by Gasteiger charge is 2.24. The Morgan fingerprint density at radius 3 is 2.50 bits per heavy atom. The summed E-state index contributed by atoms with van der Waals surface area (Å²) in [4.78, 5) is 30.2. The lowest BCUT2D eigenvalue weighted by molar-refractivity contribution is -0.117. The van der Waals surface area contributed by atoms with Gasteiger partial charge in [0.25, 0.3) is 0 Å². The van der Waals surface area contributed by atoms with Crippen LogP contribution in [0.5, 0.6) is 11.5 Å². The molecule has 1 aliphatic rings. The summed E-state index contributed by atoms with van der Waals surface area (Å²) in [6.45, 7) is 0.619. The second-order valence-corrected chi connectivity index (χ2v) is 5.70. The molecule has 1 aromatic carbocycles. The van der Waals surface area contributed by atoms with E-state index in [9.17, 15) is 9.59 Å². The second kappa shape index (κ2) is 7.73. The van der Waals surface area contributed by atoms with Crippen molar-refractivity contribution in [2.75, 3.05) is 36.3 Å². The molecule has 0 bridgehead atoms. The van der Waals surface area contributed by atoms with Crippen molar-refractivity contribution in [3.63, 3.8) is 0 Å². The third-order valence-corrected chi connectivity index (χ3v) is 3.99. The first kappa shape index (κ1) is 17.5. The van der Waals surface area contributed by atoms with Crippen molar-refractivity contribution < 1.29 is 19.1 Å². The summed E-state index contributed by atoms with van der Waals surface area (Å²) in [5.41, 5.74) is 1.10. The van der Waals surface area contributed by atoms with Crippen molar-refractivity contribution in [3.05, 3.63) is 36.5 Å². The molecular weight excluding hydrogens is 336 g/mol. The SMILES string of the molecule is COc1cc(NC(=O)Nc2ncccc2N2CCCC2=O)cc(OC)c1. The lowest BCUT2D eigenvalue weighted by Gasteiger charge is -2.19. The van der Waals surface area contributed by atoms with Gasteiger partial charge in [-0.3, -0.25) is 10.1 Å². The molecule has 0 saturated carbocycles. The number of rotatable bonds is 5. The Morgan fingerprint density at radius 1 is 1.15 bits per heavy atom. The van der Waals surface area contributed by atoms with Gasteiger partial charge in [-0.25, -0.2) is 9.78 Å². The zero-order valence-electron chi connectivity index (χ0n) is 14.6. The smallest absolute Gasteiger partial charge is 0.324 e. The van der Waals surface area contributed by atoms with E-state index in [-0.39, 0.29) is 5.91 Å². The largest absolute Gasteiger partial charge is 0.497 e. The Hall–Kier alpha value is -3.29. The summed E-state index contributed by atoms with van der Waals surface area (Å²) in [6, 6.07) is 8.07. The number of aromatic nitrogens is 1. The van der Waals surface area contributed by atoms with E-state index in [2.05, 4.69) is 15.6 Å². The second-order valence-electron chi connectivity index (χ2n) is 5.70. The van der Waals surface area contributed by atoms with E-state index >= 15 is 0 Å². The number of nitrogens with one attached hydrogen (secondary N) is 2. The lowest BCUT2D eigenvalue weighted by atomic mass is 10.3. The summed E-state index contributed by atoms with van der Waals surface area (Å²) in [7, 11) is 3.07. The molecule has 0 radical (unpaired) electrons. The van der Waals surface area contributed by atoms with Crippen LogP contribution in [0.25, 0.3) is 0 Å². The average Bonchev–Trinajstić information content (AvgIpc) is 3.07. The van der Waals surface area contributed by atoms with Gasteiger partial charge in [0, 0.05) is 43.0 Å². The number of hydrogen-bond acceptors (Lipinski definition) is 5. The van der Waals surface area contributed by atoms with Gasteiger partial charge >= 0.3 is 6.03 Å². The number of amides is 3. The van der Waals surface area contributed by atoms with Crippen LogP contribution >= 0.6 is 0 Å². The molecule has 8 heteroatoms. The molecule has 0 atom stereocenters. The molecule has 136 valence electrons. The molecule has 8 nitrogen and oxygen atoms in total. The first-order chi connectivity index (χ1) is 12.6. The maximum atomic E-state index is 12.4.